The van der Waals surface area contributed by atoms with Crippen LogP contribution in [0.4, 0.5) is 0 Å². The first-order valence-corrected chi connectivity index (χ1v) is 13.0. The Bertz CT molecular complexity index is 617. The molecule has 3 nitrogen and oxygen atoms in total. The molecule has 166 valence electrons. The Balaban J connectivity index is 1.31. The van der Waals surface area contributed by atoms with Crippen LogP contribution in [0.5, 0.6) is 0 Å². The van der Waals surface area contributed by atoms with E-state index < -0.39 is 0 Å². The molecule has 0 aromatic carbocycles. The van der Waals surface area contributed by atoms with Gasteiger partial charge in [0.05, 0.1) is 6.07 Å². The van der Waals surface area contributed by atoms with Crippen LogP contribution in [0.1, 0.15) is 139 Å². The van der Waals surface area contributed by atoms with Crippen molar-refractivity contribution in [3.63, 3.8) is 0 Å². The van der Waals surface area contributed by atoms with Gasteiger partial charge in [-0.1, -0.05) is 64.7 Å². The van der Waals surface area contributed by atoms with Gasteiger partial charge in [-0.15, -0.1) is 0 Å². The Labute approximate surface area is 185 Å². The van der Waals surface area contributed by atoms with Crippen LogP contribution in [0.3, 0.4) is 0 Å². The number of nitrogens with zero attached hydrogens (tertiary/aromatic N) is 3. The molecule has 2 saturated carbocycles. The maximum absolute atomic E-state index is 9.07. The monoisotopic (exact) mass is 409 g/mol. The first-order chi connectivity index (χ1) is 14.8. The van der Waals surface area contributed by atoms with Crippen molar-refractivity contribution in [1.29, 1.82) is 5.26 Å². The van der Waals surface area contributed by atoms with E-state index in [1.807, 2.05) is 0 Å². The van der Waals surface area contributed by atoms with E-state index in [9.17, 15) is 0 Å². The number of hydrogen-bond acceptors (Lipinski definition) is 3. The van der Waals surface area contributed by atoms with E-state index in [0.717, 1.165) is 37.4 Å². The minimum absolute atomic E-state index is 0.251. The van der Waals surface area contributed by atoms with Crippen molar-refractivity contribution in [3.8, 4) is 6.07 Å². The number of aromatic nitrogens is 2. The van der Waals surface area contributed by atoms with E-state index in [4.69, 9.17) is 15.2 Å². The van der Waals surface area contributed by atoms with Crippen molar-refractivity contribution in [2.24, 2.45) is 11.8 Å². The lowest BCUT2D eigenvalue weighted by atomic mass is 9.77. The van der Waals surface area contributed by atoms with Gasteiger partial charge < -0.3 is 0 Å². The van der Waals surface area contributed by atoms with E-state index in [2.05, 4.69) is 25.4 Å². The fourth-order valence-corrected chi connectivity index (χ4v) is 5.60. The first kappa shape index (κ1) is 23.2. The van der Waals surface area contributed by atoms with Crippen LogP contribution >= 0.6 is 0 Å². The van der Waals surface area contributed by atoms with Gasteiger partial charge in [-0.3, -0.25) is 0 Å². The van der Waals surface area contributed by atoms with Crippen molar-refractivity contribution in [1.82, 2.24) is 9.97 Å². The molecular formula is C27H43N3. The molecule has 0 bridgehead atoms. The molecule has 0 saturated heterocycles. The standard InChI is InChI=1S/C27H43N3/c1-2-3-4-5-6-7-8-9-10-22-11-15-24(16-12-22)26-20-29-27(30-21-26)25-17-13-23(19-28)14-18-25/h20-25H,2-18H2,1H3/t22-,23-,24-,25-. The molecule has 30 heavy (non-hydrogen) atoms. The molecule has 0 atom stereocenters. The zero-order valence-electron chi connectivity index (χ0n) is 19.3. The maximum Gasteiger partial charge on any atom is 0.131 e. The van der Waals surface area contributed by atoms with Crippen LogP contribution in [0.15, 0.2) is 12.4 Å². The van der Waals surface area contributed by atoms with Gasteiger partial charge in [-0.05, 0) is 68.8 Å². The highest BCUT2D eigenvalue weighted by molar-refractivity contribution is 5.14. The summed E-state index contributed by atoms with van der Waals surface area (Å²) < 4.78 is 0. The van der Waals surface area contributed by atoms with Gasteiger partial charge in [0, 0.05) is 24.2 Å². The van der Waals surface area contributed by atoms with Gasteiger partial charge in [-0.25, -0.2) is 9.97 Å². The normalized spacial score (nSPS) is 26.9. The van der Waals surface area contributed by atoms with E-state index >= 15 is 0 Å². The molecule has 2 aliphatic carbocycles. The maximum atomic E-state index is 9.07. The highest BCUT2D eigenvalue weighted by atomic mass is 14.9. The van der Waals surface area contributed by atoms with Crippen LogP contribution < -0.4 is 0 Å². The number of unbranched alkanes of at least 4 members (excludes halogenated alkanes) is 7. The van der Waals surface area contributed by atoms with E-state index in [0.29, 0.717) is 11.8 Å². The molecule has 3 heteroatoms. The van der Waals surface area contributed by atoms with Crippen molar-refractivity contribution in [3.05, 3.63) is 23.8 Å². The predicted molar refractivity (Wildman–Crippen MR) is 124 cm³/mol. The van der Waals surface area contributed by atoms with Crippen LogP contribution in [0, 0.1) is 23.2 Å². The third kappa shape index (κ3) is 7.36. The average molecular weight is 410 g/mol. The van der Waals surface area contributed by atoms with Gasteiger partial charge >= 0.3 is 0 Å². The van der Waals surface area contributed by atoms with Gasteiger partial charge in [0.1, 0.15) is 5.82 Å². The Morgan fingerprint density at radius 2 is 1.33 bits per heavy atom. The average Bonchev–Trinajstić information content (AvgIpc) is 2.81. The molecule has 0 aliphatic heterocycles. The molecule has 0 N–H and O–H groups in total. The summed E-state index contributed by atoms with van der Waals surface area (Å²) in [5.74, 6) is 3.35. The largest absolute Gasteiger partial charge is 0.241 e. The molecule has 1 aromatic heterocycles. The molecule has 0 spiro atoms. The zero-order chi connectivity index (χ0) is 21.0. The molecular weight excluding hydrogens is 366 g/mol. The SMILES string of the molecule is CCCCCCCCCC[C@H]1CC[C@H](c2cnc([C@H]3CC[C@H](C#N)CC3)nc2)CC1. The van der Waals surface area contributed by atoms with Crippen LogP contribution in [0.25, 0.3) is 0 Å². The molecule has 1 aromatic rings. The smallest absolute Gasteiger partial charge is 0.131 e. The second kappa shape index (κ2) is 13.1. The second-order valence-electron chi connectivity index (χ2n) is 10.0. The summed E-state index contributed by atoms with van der Waals surface area (Å²) in [5.41, 5.74) is 1.36. The van der Waals surface area contributed by atoms with Crippen molar-refractivity contribution < 1.29 is 0 Å². The summed E-state index contributed by atoms with van der Waals surface area (Å²) in [6, 6.07) is 2.42. The molecule has 2 aliphatic rings. The lowest BCUT2D eigenvalue weighted by Crippen LogP contribution is -2.16. The summed E-state index contributed by atoms with van der Waals surface area (Å²) in [6.07, 6.45) is 26.7. The number of nitriles is 1. The summed E-state index contributed by atoms with van der Waals surface area (Å²) in [5, 5.41) is 9.07. The van der Waals surface area contributed by atoms with Gasteiger partial charge in [0.15, 0.2) is 0 Å². The van der Waals surface area contributed by atoms with Crippen LogP contribution in [-0.4, -0.2) is 9.97 Å². The summed E-state index contributed by atoms with van der Waals surface area (Å²) in [4.78, 5) is 9.50. The van der Waals surface area contributed by atoms with Crippen LogP contribution in [-0.2, 0) is 0 Å². The third-order valence-electron chi connectivity index (χ3n) is 7.75. The van der Waals surface area contributed by atoms with E-state index in [1.54, 1.807) is 0 Å². The van der Waals surface area contributed by atoms with Crippen LogP contribution in [0.2, 0.25) is 0 Å². The fraction of sp³-hybridized carbons (Fsp3) is 0.815. The third-order valence-corrected chi connectivity index (χ3v) is 7.75. The van der Waals surface area contributed by atoms with Crippen molar-refractivity contribution in [2.75, 3.05) is 0 Å². The second-order valence-corrected chi connectivity index (χ2v) is 10.0. The fourth-order valence-electron chi connectivity index (χ4n) is 5.60. The van der Waals surface area contributed by atoms with Gasteiger partial charge in [-0.2, -0.15) is 5.26 Å². The summed E-state index contributed by atoms with van der Waals surface area (Å²) in [7, 11) is 0. The summed E-state index contributed by atoms with van der Waals surface area (Å²) in [6.45, 7) is 2.29. The highest BCUT2D eigenvalue weighted by Crippen LogP contribution is 2.38. The number of rotatable bonds is 11. The van der Waals surface area contributed by atoms with Gasteiger partial charge in [0.25, 0.3) is 0 Å². The minimum Gasteiger partial charge on any atom is -0.241 e. The van der Waals surface area contributed by atoms with E-state index in [1.165, 1.54) is 89.0 Å². The molecule has 2 fully saturated rings. The Morgan fingerprint density at radius 1 is 0.767 bits per heavy atom. The first-order valence-electron chi connectivity index (χ1n) is 13.0. The van der Waals surface area contributed by atoms with Crippen molar-refractivity contribution in [2.45, 2.75) is 128 Å². The Morgan fingerprint density at radius 3 is 1.93 bits per heavy atom. The minimum atomic E-state index is 0.251. The molecule has 0 unspecified atom stereocenters. The molecule has 0 radical (unpaired) electrons. The molecule has 1 heterocycles. The predicted octanol–water partition coefficient (Wildman–Crippen LogP) is 8.08. The Kier molecular flexibility index (Phi) is 10.1. The highest BCUT2D eigenvalue weighted by Gasteiger charge is 2.25. The zero-order valence-corrected chi connectivity index (χ0v) is 19.3. The lowest BCUT2D eigenvalue weighted by molar-refractivity contribution is 0.301. The Hall–Kier alpha value is -1.43. The quantitative estimate of drug-likeness (QED) is 0.347. The topological polar surface area (TPSA) is 49.6 Å². The van der Waals surface area contributed by atoms with Gasteiger partial charge in [0.2, 0.25) is 0 Å². The summed E-state index contributed by atoms with van der Waals surface area (Å²) >= 11 is 0. The molecule has 0 amide bonds. The molecule has 3 rings (SSSR count). The van der Waals surface area contributed by atoms with E-state index in [-0.39, 0.29) is 5.92 Å². The lowest BCUT2D eigenvalue weighted by Gasteiger charge is -2.29. The van der Waals surface area contributed by atoms with Crippen molar-refractivity contribution >= 4 is 0 Å². The number of hydrogen-bond donors (Lipinski definition) is 0.